The van der Waals surface area contributed by atoms with Gasteiger partial charge in [0.1, 0.15) is 5.54 Å². The Morgan fingerprint density at radius 2 is 1.55 bits per heavy atom. The molecule has 20 heavy (non-hydrogen) atoms. The first-order valence-electron chi connectivity index (χ1n) is 6.44. The Balaban J connectivity index is 2.29. The fraction of sp³-hybridized carbons (Fsp3) is 0.188. The SMILES string of the molecule is CN(CC(N)(C(N)=O)c1ccccc1)c1ccccc1. The van der Waals surface area contributed by atoms with Crippen molar-refractivity contribution in [2.75, 3.05) is 18.5 Å². The quantitative estimate of drug-likeness (QED) is 0.863. The summed E-state index contributed by atoms with van der Waals surface area (Å²) in [5.41, 5.74) is 12.3. The lowest BCUT2D eigenvalue weighted by molar-refractivity contribution is -0.123. The summed E-state index contributed by atoms with van der Waals surface area (Å²) < 4.78 is 0. The van der Waals surface area contributed by atoms with E-state index in [1.807, 2.05) is 72.6 Å². The highest BCUT2D eigenvalue weighted by atomic mass is 16.1. The van der Waals surface area contributed by atoms with E-state index in [-0.39, 0.29) is 0 Å². The maximum Gasteiger partial charge on any atom is 0.243 e. The van der Waals surface area contributed by atoms with E-state index in [1.165, 1.54) is 0 Å². The number of likely N-dealkylation sites (N-methyl/N-ethyl adjacent to an activating group) is 1. The minimum absolute atomic E-state index is 0.316. The van der Waals surface area contributed by atoms with Gasteiger partial charge in [0.2, 0.25) is 5.91 Å². The molecular formula is C16H19N3O. The first kappa shape index (κ1) is 14.1. The minimum atomic E-state index is -1.22. The molecular weight excluding hydrogens is 250 g/mol. The van der Waals surface area contributed by atoms with Gasteiger partial charge in [0, 0.05) is 19.3 Å². The molecule has 0 bridgehead atoms. The summed E-state index contributed by atoms with van der Waals surface area (Å²) in [6.07, 6.45) is 0. The number of carbonyl (C=O) groups excluding carboxylic acids is 1. The van der Waals surface area contributed by atoms with E-state index in [2.05, 4.69) is 0 Å². The van der Waals surface area contributed by atoms with Gasteiger partial charge in [-0.1, -0.05) is 48.5 Å². The number of anilines is 1. The molecule has 0 saturated carbocycles. The third-order valence-electron chi connectivity index (χ3n) is 3.41. The number of primary amides is 1. The summed E-state index contributed by atoms with van der Waals surface area (Å²) in [4.78, 5) is 13.8. The molecule has 0 heterocycles. The molecule has 2 aromatic rings. The lowest BCUT2D eigenvalue weighted by atomic mass is 9.89. The molecule has 104 valence electrons. The number of para-hydroxylation sites is 1. The van der Waals surface area contributed by atoms with Gasteiger partial charge in [-0.15, -0.1) is 0 Å². The molecule has 0 aliphatic rings. The smallest absolute Gasteiger partial charge is 0.243 e. The Morgan fingerprint density at radius 3 is 2.05 bits per heavy atom. The first-order chi connectivity index (χ1) is 9.54. The molecule has 4 N–H and O–H groups in total. The van der Waals surface area contributed by atoms with Gasteiger partial charge in [0.15, 0.2) is 0 Å². The highest BCUT2D eigenvalue weighted by molar-refractivity contribution is 5.86. The summed E-state index contributed by atoms with van der Waals surface area (Å²) in [5, 5.41) is 0. The number of hydrogen-bond acceptors (Lipinski definition) is 3. The second kappa shape index (κ2) is 5.75. The molecule has 1 amide bonds. The maximum atomic E-state index is 11.9. The standard InChI is InChI=1S/C16H19N3O/c1-19(14-10-6-3-7-11-14)12-16(18,15(17)20)13-8-4-2-5-9-13/h2-11H,12,18H2,1H3,(H2,17,20). The van der Waals surface area contributed by atoms with Crippen LogP contribution in [0.1, 0.15) is 5.56 Å². The number of amides is 1. The highest BCUT2D eigenvalue weighted by Crippen LogP contribution is 2.22. The number of hydrogen-bond donors (Lipinski definition) is 2. The third kappa shape index (κ3) is 2.81. The molecule has 4 heteroatoms. The van der Waals surface area contributed by atoms with Crippen molar-refractivity contribution in [1.82, 2.24) is 0 Å². The zero-order valence-corrected chi connectivity index (χ0v) is 11.5. The fourth-order valence-corrected chi connectivity index (χ4v) is 2.19. The van der Waals surface area contributed by atoms with Crippen molar-refractivity contribution in [2.45, 2.75) is 5.54 Å². The molecule has 1 unspecified atom stereocenters. The number of benzene rings is 2. The summed E-state index contributed by atoms with van der Waals surface area (Å²) in [6.45, 7) is 0.316. The van der Waals surface area contributed by atoms with E-state index in [9.17, 15) is 4.79 Å². The van der Waals surface area contributed by atoms with Crippen LogP contribution in [0.3, 0.4) is 0 Å². The summed E-state index contributed by atoms with van der Waals surface area (Å²) in [7, 11) is 1.89. The van der Waals surface area contributed by atoms with Crippen molar-refractivity contribution in [2.24, 2.45) is 11.5 Å². The van der Waals surface area contributed by atoms with E-state index >= 15 is 0 Å². The van der Waals surface area contributed by atoms with E-state index in [1.54, 1.807) is 0 Å². The Bertz CT molecular complexity index is 571. The third-order valence-corrected chi connectivity index (χ3v) is 3.41. The molecule has 1 atom stereocenters. The molecule has 0 aromatic heterocycles. The topological polar surface area (TPSA) is 72.3 Å². The second-order valence-corrected chi connectivity index (χ2v) is 4.89. The maximum absolute atomic E-state index is 11.9. The van der Waals surface area contributed by atoms with Crippen LogP contribution in [0.4, 0.5) is 5.69 Å². The fourth-order valence-electron chi connectivity index (χ4n) is 2.19. The van der Waals surface area contributed by atoms with Crippen LogP contribution in [0.15, 0.2) is 60.7 Å². The Hall–Kier alpha value is -2.33. The molecule has 2 rings (SSSR count). The van der Waals surface area contributed by atoms with Crippen molar-refractivity contribution < 1.29 is 4.79 Å². The first-order valence-corrected chi connectivity index (χ1v) is 6.44. The molecule has 0 radical (unpaired) electrons. The Kier molecular flexibility index (Phi) is 4.05. The second-order valence-electron chi connectivity index (χ2n) is 4.89. The monoisotopic (exact) mass is 269 g/mol. The van der Waals surface area contributed by atoms with Crippen molar-refractivity contribution in [1.29, 1.82) is 0 Å². The largest absolute Gasteiger partial charge is 0.372 e. The van der Waals surface area contributed by atoms with E-state index in [0.29, 0.717) is 6.54 Å². The number of nitrogens with zero attached hydrogens (tertiary/aromatic N) is 1. The van der Waals surface area contributed by atoms with E-state index in [0.717, 1.165) is 11.3 Å². The Morgan fingerprint density at radius 1 is 1.05 bits per heavy atom. The average molecular weight is 269 g/mol. The van der Waals surface area contributed by atoms with Crippen LogP contribution >= 0.6 is 0 Å². The van der Waals surface area contributed by atoms with Crippen LogP contribution in [0.25, 0.3) is 0 Å². The van der Waals surface area contributed by atoms with Gasteiger partial charge in [0.25, 0.3) is 0 Å². The van der Waals surface area contributed by atoms with Gasteiger partial charge in [-0.05, 0) is 17.7 Å². The summed E-state index contributed by atoms with van der Waals surface area (Å²) >= 11 is 0. The molecule has 4 nitrogen and oxygen atoms in total. The molecule has 2 aromatic carbocycles. The van der Waals surface area contributed by atoms with Crippen molar-refractivity contribution in [3.63, 3.8) is 0 Å². The average Bonchev–Trinajstić information content (AvgIpc) is 2.48. The van der Waals surface area contributed by atoms with Gasteiger partial charge in [0.05, 0.1) is 0 Å². The number of nitrogens with two attached hydrogens (primary N) is 2. The zero-order valence-electron chi connectivity index (χ0n) is 11.5. The van der Waals surface area contributed by atoms with Gasteiger partial charge in [-0.25, -0.2) is 0 Å². The van der Waals surface area contributed by atoms with Crippen LogP contribution in [-0.4, -0.2) is 19.5 Å². The van der Waals surface area contributed by atoms with Crippen LogP contribution in [0.5, 0.6) is 0 Å². The lowest BCUT2D eigenvalue weighted by Gasteiger charge is -2.32. The van der Waals surface area contributed by atoms with E-state index < -0.39 is 11.4 Å². The van der Waals surface area contributed by atoms with Crippen LogP contribution < -0.4 is 16.4 Å². The van der Waals surface area contributed by atoms with Crippen LogP contribution in [-0.2, 0) is 10.3 Å². The van der Waals surface area contributed by atoms with Crippen molar-refractivity contribution in [3.05, 3.63) is 66.2 Å². The van der Waals surface area contributed by atoms with Gasteiger partial charge in [-0.3, -0.25) is 4.79 Å². The Labute approximate surface area is 119 Å². The molecule has 0 saturated heterocycles. The predicted octanol–water partition coefficient (Wildman–Crippen LogP) is 1.46. The predicted molar refractivity (Wildman–Crippen MR) is 81.2 cm³/mol. The van der Waals surface area contributed by atoms with Crippen molar-refractivity contribution in [3.8, 4) is 0 Å². The van der Waals surface area contributed by atoms with Crippen molar-refractivity contribution >= 4 is 11.6 Å². The zero-order chi connectivity index (χ0) is 14.6. The molecule has 0 aliphatic heterocycles. The van der Waals surface area contributed by atoms with Gasteiger partial charge in [-0.2, -0.15) is 0 Å². The van der Waals surface area contributed by atoms with Gasteiger partial charge < -0.3 is 16.4 Å². The van der Waals surface area contributed by atoms with Crippen LogP contribution in [0.2, 0.25) is 0 Å². The molecule has 0 spiro atoms. The summed E-state index contributed by atoms with van der Waals surface area (Å²) in [5.74, 6) is -0.536. The molecule has 0 fully saturated rings. The molecule has 0 aliphatic carbocycles. The number of carbonyl (C=O) groups is 1. The van der Waals surface area contributed by atoms with Gasteiger partial charge >= 0.3 is 0 Å². The minimum Gasteiger partial charge on any atom is -0.372 e. The van der Waals surface area contributed by atoms with Crippen LogP contribution in [0, 0.1) is 0 Å². The lowest BCUT2D eigenvalue weighted by Crippen LogP contribution is -2.55. The van der Waals surface area contributed by atoms with E-state index in [4.69, 9.17) is 11.5 Å². The summed E-state index contributed by atoms with van der Waals surface area (Å²) in [6, 6.07) is 19.0. The number of rotatable bonds is 5. The highest BCUT2D eigenvalue weighted by Gasteiger charge is 2.35. The normalized spacial score (nSPS) is 13.5.